The van der Waals surface area contributed by atoms with Crippen LogP contribution in [0.5, 0.6) is 0 Å². The van der Waals surface area contributed by atoms with Crippen LogP contribution in [0.3, 0.4) is 0 Å². The third-order valence-corrected chi connectivity index (χ3v) is 4.02. The second-order valence-corrected chi connectivity index (χ2v) is 5.75. The summed E-state index contributed by atoms with van der Waals surface area (Å²) < 4.78 is 13.1. The summed E-state index contributed by atoms with van der Waals surface area (Å²) in [7, 11) is 0. The SMILES string of the molecule is Cc1cc(CNC(=O)CSCC(C)CN)ccc1F. The van der Waals surface area contributed by atoms with Crippen molar-refractivity contribution in [2.24, 2.45) is 11.7 Å². The molecule has 19 heavy (non-hydrogen) atoms. The molecule has 0 heterocycles. The summed E-state index contributed by atoms with van der Waals surface area (Å²) in [5.41, 5.74) is 7.01. The molecule has 1 aromatic rings. The van der Waals surface area contributed by atoms with E-state index in [0.717, 1.165) is 11.3 Å². The Morgan fingerprint density at radius 3 is 2.89 bits per heavy atom. The average molecular weight is 284 g/mol. The van der Waals surface area contributed by atoms with Crippen LogP contribution >= 0.6 is 11.8 Å². The molecule has 1 amide bonds. The maximum atomic E-state index is 13.1. The number of carbonyl (C=O) groups is 1. The smallest absolute Gasteiger partial charge is 0.230 e. The Morgan fingerprint density at radius 2 is 2.26 bits per heavy atom. The summed E-state index contributed by atoms with van der Waals surface area (Å²) in [4.78, 5) is 11.6. The lowest BCUT2D eigenvalue weighted by molar-refractivity contribution is -0.118. The summed E-state index contributed by atoms with van der Waals surface area (Å²) in [5, 5.41) is 2.82. The van der Waals surface area contributed by atoms with Crippen molar-refractivity contribution in [2.45, 2.75) is 20.4 Å². The molecule has 3 nitrogen and oxygen atoms in total. The number of benzene rings is 1. The first kappa shape index (κ1) is 16.0. The predicted molar refractivity (Wildman–Crippen MR) is 78.5 cm³/mol. The molecule has 1 atom stereocenters. The number of thioether (sulfide) groups is 1. The quantitative estimate of drug-likeness (QED) is 0.806. The molecule has 0 saturated heterocycles. The first-order valence-corrected chi connectivity index (χ1v) is 7.48. The standard InChI is InChI=1S/C14H21FN2OS/c1-10(6-16)8-19-9-14(18)17-7-12-3-4-13(15)11(2)5-12/h3-5,10H,6-9,16H2,1-2H3,(H,17,18). The molecule has 0 aliphatic rings. The number of aryl methyl sites for hydroxylation is 1. The Balaban J connectivity index is 2.28. The molecule has 0 saturated carbocycles. The molecule has 0 aliphatic carbocycles. The van der Waals surface area contributed by atoms with Gasteiger partial charge >= 0.3 is 0 Å². The van der Waals surface area contributed by atoms with Crippen LogP contribution < -0.4 is 11.1 Å². The second-order valence-electron chi connectivity index (χ2n) is 4.72. The van der Waals surface area contributed by atoms with Crippen LogP contribution in [-0.4, -0.2) is 24.0 Å². The predicted octanol–water partition coefficient (Wildman–Crippen LogP) is 2.08. The number of nitrogens with two attached hydrogens (primary N) is 1. The summed E-state index contributed by atoms with van der Waals surface area (Å²) >= 11 is 1.58. The van der Waals surface area contributed by atoms with Gasteiger partial charge in [-0.05, 0) is 42.3 Å². The third-order valence-electron chi connectivity index (χ3n) is 2.75. The van der Waals surface area contributed by atoms with E-state index in [2.05, 4.69) is 12.2 Å². The molecule has 1 rings (SSSR count). The molecule has 0 fully saturated rings. The monoisotopic (exact) mass is 284 g/mol. The lowest BCUT2D eigenvalue weighted by Gasteiger charge is -2.09. The summed E-state index contributed by atoms with van der Waals surface area (Å²) in [6.07, 6.45) is 0. The van der Waals surface area contributed by atoms with Crippen molar-refractivity contribution >= 4 is 17.7 Å². The number of hydrogen-bond donors (Lipinski definition) is 2. The zero-order valence-electron chi connectivity index (χ0n) is 11.4. The lowest BCUT2D eigenvalue weighted by atomic mass is 10.1. The van der Waals surface area contributed by atoms with Crippen LogP contribution in [0.2, 0.25) is 0 Å². The molecule has 0 spiro atoms. The lowest BCUT2D eigenvalue weighted by Crippen LogP contribution is -2.25. The number of amides is 1. The topological polar surface area (TPSA) is 55.1 Å². The van der Waals surface area contributed by atoms with Crippen LogP contribution in [0.4, 0.5) is 4.39 Å². The fourth-order valence-corrected chi connectivity index (χ4v) is 2.43. The summed E-state index contributed by atoms with van der Waals surface area (Å²) in [5.74, 6) is 1.53. The number of nitrogens with one attached hydrogen (secondary N) is 1. The van der Waals surface area contributed by atoms with Gasteiger partial charge in [0, 0.05) is 6.54 Å². The van der Waals surface area contributed by atoms with Gasteiger partial charge in [-0.25, -0.2) is 4.39 Å². The second kappa shape index (κ2) is 8.17. The van der Waals surface area contributed by atoms with E-state index in [1.165, 1.54) is 6.07 Å². The van der Waals surface area contributed by atoms with Crippen molar-refractivity contribution < 1.29 is 9.18 Å². The summed E-state index contributed by atoms with van der Waals surface area (Å²) in [6, 6.07) is 4.86. The molecular weight excluding hydrogens is 263 g/mol. The van der Waals surface area contributed by atoms with Crippen LogP contribution in [0.25, 0.3) is 0 Å². The minimum atomic E-state index is -0.221. The molecule has 0 bridgehead atoms. The Morgan fingerprint density at radius 1 is 1.53 bits per heavy atom. The molecule has 0 aliphatic heterocycles. The first-order chi connectivity index (χ1) is 9.02. The number of carbonyl (C=O) groups excluding carboxylic acids is 1. The first-order valence-electron chi connectivity index (χ1n) is 6.32. The van der Waals surface area contributed by atoms with Gasteiger partial charge in [0.2, 0.25) is 5.91 Å². The Kier molecular flexibility index (Phi) is 6.87. The van der Waals surface area contributed by atoms with Crippen molar-refractivity contribution in [2.75, 3.05) is 18.1 Å². The molecule has 3 N–H and O–H groups in total. The van der Waals surface area contributed by atoms with Crippen LogP contribution in [0.15, 0.2) is 18.2 Å². The molecule has 5 heteroatoms. The van der Waals surface area contributed by atoms with E-state index >= 15 is 0 Å². The van der Waals surface area contributed by atoms with Gasteiger partial charge in [0.15, 0.2) is 0 Å². The minimum Gasteiger partial charge on any atom is -0.351 e. The van der Waals surface area contributed by atoms with E-state index in [1.54, 1.807) is 30.8 Å². The third kappa shape index (κ3) is 6.07. The van der Waals surface area contributed by atoms with Crippen LogP contribution in [-0.2, 0) is 11.3 Å². The van der Waals surface area contributed by atoms with E-state index in [1.807, 2.05) is 0 Å². The fraction of sp³-hybridized carbons (Fsp3) is 0.500. The highest BCUT2D eigenvalue weighted by Crippen LogP contribution is 2.09. The normalized spacial score (nSPS) is 12.2. The summed E-state index contributed by atoms with van der Waals surface area (Å²) in [6.45, 7) is 4.85. The van der Waals surface area contributed by atoms with E-state index in [0.29, 0.717) is 30.3 Å². The van der Waals surface area contributed by atoms with Crippen molar-refractivity contribution in [1.82, 2.24) is 5.32 Å². The van der Waals surface area contributed by atoms with E-state index in [-0.39, 0.29) is 11.7 Å². The zero-order chi connectivity index (χ0) is 14.3. The fourth-order valence-electron chi connectivity index (χ4n) is 1.49. The van der Waals surface area contributed by atoms with E-state index < -0.39 is 0 Å². The largest absolute Gasteiger partial charge is 0.351 e. The van der Waals surface area contributed by atoms with Crippen molar-refractivity contribution in [3.8, 4) is 0 Å². The van der Waals surface area contributed by atoms with Gasteiger partial charge in [-0.2, -0.15) is 11.8 Å². The molecule has 1 unspecified atom stereocenters. The number of hydrogen-bond acceptors (Lipinski definition) is 3. The number of rotatable bonds is 7. The van der Waals surface area contributed by atoms with Gasteiger partial charge in [-0.3, -0.25) is 4.79 Å². The maximum absolute atomic E-state index is 13.1. The van der Waals surface area contributed by atoms with Gasteiger partial charge in [-0.15, -0.1) is 0 Å². The number of halogens is 1. The average Bonchev–Trinajstić information content (AvgIpc) is 2.40. The Labute approximate surface area is 118 Å². The van der Waals surface area contributed by atoms with Crippen molar-refractivity contribution in [3.05, 3.63) is 35.1 Å². The highest BCUT2D eigenvalue weighted by molar-refractivity contribution is 7.99. The molecule has 0 radical (unpaired) electrons. The highest BCUT2D eigenvalue weighted by atomic mass is 32.2. The van der Waals surface area contributed by atoms with E-state index in [4.69, 9.17) is 5.73 Å². The van der Waals surface area contributed by atoms with Gasteiger partial charge in [-0.1, -0.05) is 19.1 Å². The minimum absolute atomic E-state index is 0.00352. The molecular formula is C14H21FN2OS. The van der Waals surface area contributed by atoms with Gasteiger partial charge < -0.3 is 11.1 Å². The Bertz CT molecular complexity index is 426. The van der Waals surface area contributed by atoms with Crippen LogP contribution in [0, 0.1) is 18.7 Å². The van der Waals surface area contributed by atoms with Crippen molar-refractivity contribution in [1.29, 1.82) is 0 Å². The highest BCUT2D eigenvalue weighted by Gasteiger charge is 2.05. The van der Waals surface area contributed by atoms with Gasteiger partial charge in [0.1, 0.15) is 5.82 Å². The maximum Gasteiger partial charge on any atom is 0.230 e. The molecule has 106 valence electrons. The van der Waals surface area contributed by atoms with E-state index in [9.17, 15) is 9.18 Å². The molecule has 0 aromatic heterocycles. The van der Waals surface area contributed by atoms with Gasteiger partial charge in [0.05, 0.1) is 5.75 Å². The Hall–Kier alpha value is -1.07. The van der Waals surface area contributed by atoms with Crippen LogP contribution in [0.1, 0.15) is 18.1 Å². The molecule has 1 aromatic carbocycles. The zero-order valence-corrected chi connectivity index (χ0v) is 12.2. The van der Waals surface area contributed by atoms with Crippen molar-refractivity contribution in [3.63, 3.8) is 0 Å². The van der Waals surface area contributed by atoms with Gasteiger partial charge in [0.25, 0.3) is 0 Å².